The molecular weight excluding hydrogens is 284 g/mol. The Kier molecular flexibility index (Phi) is 3.46. The van der Waals surface area contributed by atoms with Crippen molar-refractivity contribution in [1.82, 2.24) is 0 Å². The van der Waals surface area contributed by atoms with Crippen molar-refractivity contribution >= 4 is 17.3 Å². The molecule has 3 rings (SSSR count). The van der Waals surface area contributed by atoms with Crippen molar-refractivity contribution in [2.45, 2.75) is 0 Å². The molecule has 0 fully saturated rings. The topological polar surface area (TPSA) is 85.4 Å². The molecule has 0 aliphatic carbocycles. The van der Waals surface area contributed by atoms with Crippen LogP contribution in [0.15, 0.2) is 42.5 Å². The molecule has 0 aromatic heterocycles. The summed E-state index contributed by atoms with van der Waals surface area (Å²) in [4.78, 5) is 10.2. The lowest BCUT2D eigenvalue weighted by Crippen LogP contribution is -1.92. The molecular formula is C16H10N2O4. The maximum absolute atomic E-state index is 10.7. The third kappa shape index (κ3) is 2.60. The van der Waals surface area contributed by atoms with Crippen LogP contribution in [0.1, 0.15) is 11.1 Å². The lowest BCUT2D eigenvalue weighted by molar-refractivity contribution is -0.384. The van der Waals surface area contributed by atoms with Gasteiger partial charge in [0.15, 0.2) is 11.5 Å². The predicted molar refractivity (Wildman–Crippen MR) is 79.1 cm³/mol. The molecule has 0 spiro atoms. The number of nitriles is 1. The van der Waals surface area contributed by atoms with Crippen molar-refractivity contribution in [1.29, 1.82) is 5.26 Å². The zero-order chi connectivity index (χ0) is 15.5. The number of hydrogen-bond acceptors (Lipinski definition) is 5. The van der Waals surface area contributed by atoms with E-state index in [2.05, 4.69) is 6.07 Å². The molecule has 0 atom stereocenters. The molecule has 0 radical (unpaired) electrons. The summed E-state index contributed by atoms with van der Waals surface area (Å²) in [5, 5.41) is 20.0. The first kappa shape index (κ1) is 13.6. The minimum Gasteiger partial charge on any atom is -0.454 e. The van der Waals surface area contributed by atoms with E-state index in [9.17, 15) is 15.4 Å². The maximum Gasteiger partial charge on any atom is 0.269 e. The standard InChI is InChI=1S/C16H10N2O4/c17-9-13(12-2-4-14(5-3-12)18(19)20)7-11-1-6-15-16(8-11)22-10-21-15/h1-8H,10H2/b13-7-. The van der Waals surface area contributed by atoms with E-state index in [0.717, 1.165) is 5.56 Å². The molecule has 0 amide bonds. The van der Waals surface area contributed by atoms with Gasteiger partial charge in [-0.2, -0.15) is 5.26 Å². The smallest absolute Gasteiger partial charge is 0.269 e. The van der Waals surface area contributed by atoms with Gasteiger partial charge in [-0.1, -0.05) is 6.07 Å². The monoisotopic (exact) mass is 294 g/mol. The second-order valence-corrected chi connectivity index (χ2v) is 4.59. The highest BCUT2D eigenvalue weighted by molar-refractivity contribution is 5.90. The number of nitro groups is 1. The largest absolute Gasteiger partial charge is 0.454 e. The summed E-state index contributed by atoms with van der Waals surface area (Å²) in [6.45, 7) is 0.190. The quantitative estimate of drug-likeness (QED) is 0.375. The van der Waals surface area contributed by atoms with Gasteiger partial charge in [0.05, 0.1) is 16.6 Å². The number of fused-ring (bicyclic) bond motifs is 1. The zero-order valence-electron chi connectivity index (χ0n) is 11.4. The van der Waals surface area contributed by atoms with Crippen molar-refractivity contribution in [3.05, 3.63) is 63.7 Å². The van der Waals surface area contributed by atoms with Gasteiger partial charge in [0.25, 0.3) is 5.69 Å². The summed E-state index contributed by atoms with van der Waals surface area (Å²) >= 11 is 0. The second-order valence-electron chi connectivity index (χ2n) is 4.59. The average Bonchev–Trinajstić information content (AvgIpc) is 3.00. The number of non-ortho nitro benzene ring substituents is 1. The second kappa shape index (κ2) is 5.58. The van der Waals surface area contributed by atoms with Gasteiger partial charge in [0.1, 0.15) is 0 Å². The first-order valence-electron chi connectivity index (χ1n) is 6.43. The van der Waals surface area contributed by atoms with Gasteiger partial charge in [-0.3, -0.25) is 10.1 Å². The molecule has 6 heteroatoms. The van der Waals surface area contributed by atoms with E-state index in [1.807, 2.05) is 6.07 Å². The molecule has 1 heterocycles. The van der Waals surface area contributed by atoms with Crippen molar-refractivity contribution in [3.8, 4) is 17.6 Å². The number of allylic oxidation sites excluding steroid dienone is 1. The summed E-state index contributed by atoms with van der Waals surface area (Å²) in [7, 11) is 0. The van der Waals surface area contributed by atoms with Gasteiger partial charge >= 0.3 is 0 Å². The predicted octanol–water partition coefficient (Wildman–Crippen LogP) is 3.39. The molecule has 0 N–H and O–H groups in total. The maximum atomic E-state index is 10.7. The Labute approximate surface area is 126 Å². The Hall–Kier alpha value is -3.33. The zero-order valence-corrected chi connectivity index (χ0v) is 11.4. The van der Waals surface area contributed by atoms with Crippen LogP contribution in [-0.4, -0.2) is 11.7 Å². The molecule has 1 aliphatic rings. The number of rotatable bonds is 3. The van der Waals surface area contributed by atoms with Crippen LogP contribution >= 0.6 is 0 Å². The van der Waals surface area contributed by atoms with Crippen LogP contribution < -0.4 is 9.47 Å². The number of nitrogens with zero attached hydrogens (tertiary/aromatic N) is 2. The van der Waals surface area contributed by atoms with E-state index in [4.69, 9.17) is 9.47 Å². The van der Waals surface area contributed by atoms with Crippen LogP contribution in [-0.2, 0) is 0 Å². The number of ether oxygens (including phenoxy) is 2. The third-order valence-electron chi connectivity index (χ3n) is 3.22. The third-order valence-corrected chi connectivity index (χ3v) is 3.22. The number of hydrogen-bond donors (Lipinski definition) is 0. The SMILES string of the molecule is N#C/C(=C/c1ccc2c(c1)OCO2)c1ccc([N+](=O)[O-])cc1. The van der Waals surface area contributed by atoms with Crippen LogP contribution in [0.25, 0.3) is 11.6 Å². The summed E-state index contributed by atoms with van der Waals surface area (Å²) in [5.41, 5.74) is 1.81. The van der Waals surface area contributed by atoms with Crippen molar-refractivity contribution in [3.63, 3.8) is 0 Å². The molecule has 22 heavy (non-hydrogen) atoms. The molecule has 108 valence electrons. The summed E-state index contributed by atoms with van der Waals surface area (Å²) in [6.07, 6.45) is 1.70. The molecule has 0 bridgehead atoms. The molecule has 6 nitrogen and oxygen atoms in total. The minimum atomic E-state index is -0.475. The minimum absolute atomic E-state index is 0.0101. The number of benzene rings is 2. The van der Waals surface area contributed by atoms with Crippen molar-refractivity contribution < 1.29 is 14.4 Å². The van der Waals surface area contributed by atoms with Crippen molar-refractivity contribution in [2.24, 2.45) is 0 Å². The fourth-order valence-corrected chi connectivity index (χ4v) is 2.11. The van der Waals surface area contributed by atoms with E-state index in [1.165, 1.54) is 12.1 Å². The van der Waals surface area contributed by atoms with Crippen LogP contribution in [0, 0.1) is 21.4 Å². The molecule has 2 aromatic rings. The molecule has 1 aliphatic heterocycles. The van der Waals surface area contributed by atoms with Gasteiger partial charge in [0, 0.05) is 12.1 Å². The Morgan fingerprint density at radius 2 is 1.91 bits per heavy atom. The van der Waals surface area contributed by atoms with Crippen LogP contribution in [0.4, 0.5) is 5.69 Å². The highest BCUT2D eigenvalue weighted by Crippen LogP contribution is 2.33. The van der Waals surface area contributed by atoms with E-state index in [0.29, 0.717) is 22.6 Å². The fourth-order valence-electron chi connectivity index (χ4n) is 2.11. The summed E-state index contributed by atoms with van der Waals surface area (Å²) < 4.78 is 10.5. The van der Waals surface area contributed by atoms with Gasteiger partial charge in [-0.15, -0.1) is 0 Å². The Bertz CT molecular complexity index is 804. The Morgan fingerprint density at radius 3 is 2.59 bits per heavy atom. The summed E-state index contributed by atoms with van der Waals surface area (Å²) in [5.74, 6) is 1.31. The van der Waals surface area contributed by atoms with E-state index in [-0.39, 0.29) is 12.5 Å². The molecule has 2 aromatic carbocycles. The lowest BCUT2D eigenvalue weighted by Gasteiger charge is -2.01. The Morgan fingerprint density at radius 1 is 1.18 bits per heavy atom. The lowest BCUT2D eigenvalue weighted by atomic mass is 10.0. The van der Waals surface area contributed by atoms with Gasteiger partial charge in [-0.25, -0.2) is 0 Å². The highest BCUT2D eigenvalue weighted by atomic mass is 16.7. The average molecular weight is 294 g/mol. The molecule has 0 saturated heterocycles. The highest BCUT2D eigenvalue weighted by Gasteiger charge is 2.13. The summed E-state index contributed by atoms with van der Waals surface area (Å²) in [6, 6.07) is 13.3. The van der Waals surface area contributed by atoms with E-state index >= 15 is 0 Å². The van der Waals surface area contributed by atoms with E-state index in [1.54, 1.807) is 30.3 Å². The fraction of sp³-hybridized carbons (Fsp3) is 0.0625. The van der Waals surface area contributed by atoms with Crippen LogP contribution in [0.5, 0.6) is 11.5 Å². The normalized spacial score (nSPS) is 12.8. The first-order chi connectivity index (χ1) is 10.7. The van der Waals surface area contributed by atoms with Gasteiger partial charge in [0.2, 0.25) is 6.79 Å². The molecule has 0 saturated carbocycles. The van der Waals surface area contributed by atoms with E-state index < -0.39 is 4.92 Å². The van der Waals surface area contributed by atoms with Crippen LogP contribution in [0.3, 0.4) is 0 Å². The molecule has 0 unspecified atom stereocenters. The first-order valence-corrected chi connectivity index (χ1v) is 6.43. The number of nitro benzene ring substituents is 1. The van der Waals surface area contributed by atoms with Crippen LogP contribution in [0.2, 0.25) is 0 Å². The van der Waals surface area contributed by atoms with Gasteiger partial charge < -0.3 is 9.47 Å². The van der Waals surface area contributed by atoms with Crippen molar-refractivity contribution in [2.75, 3.05) is 6.79 Å². The Balaban J connectivity index is 1.93. The van der Waals surface area contributed by atoms with Gasteiger partial charge in [-0.05, 0) is 41.5 Å².